The van der Waals surface area contributed by atoms with Gasteiger partial charge in [0.2, 0.25) is 0 Å². The highest BCUT2D eigenvalue weighted by atomic mass is 35.5. The number of hydrogen-bond acceptors (Lipinski definition) is 3. The zero-order valence-electron chi connectivity index (χ0n) is 9.24. The molecule has 1 aromatic heterocycles. The van der Waals surface area contributed by atoms with E-state index < -0.39 is 6.10 Å². The van der Waals surface area contributed by atoms with Crippen LogP contribution in [0.2, 0.25) is 0 Å². The zero-order valence-corrected chi connectivity index (χ0v) is 10.00. The molecular weight excluding hydrogens is 228 g/mol. The monoisotopic (exact) mass is 242 g/mol. The molecule has 0 aromatic carbocycles. The van der Waals surface area contributed by atoms with Crippen molar-refractivity contribution >= 4 is 11.6 Å². The molecule has 1 aliphatic rings. The fourth-order valence-corrected chi connectivity index (χ4v) is 2.34. The number of aromatic nitrogens is 2. The summed E-state index contributed by atoms with van der Waals surface area (Å²) in [5.74, 6) is 0.923. The molecule has 0 saturated heterocycles. The summed E-state index contributed by atoms with van der Waals surface area (Å²) in [6, 6.07) is 0. The van der Waals surface area contributed by atoms with Gasteiger partial charge in [0.25, 0.3) is 5.56 Å². The first-order valence-electron chi connectivity index (χ1n) is 5.49. The van der Waals surface area contributed by atoms with Crippen LogP contribution in [0.4, 0.5) is 0 Å². The first kappa shape index (κ1) is 11.6. The van der Waals surface area contributed by atoms with Crippen molar-refractivity contribution in [3.8, 4) is 0 Å². The smallest absolute Gasteiger partial charge is 0.257 e. The van der Waals surface area contributed by atoms with Crippen LogP contribution in [0.1, 0.15) is 36.0 Å². The predicted octanol–water partition coefficient (Wildman–Crippen LogP) is 1.16. The Bertz CT molecular complexity index is 456. The van der Waals surface area contributed by atoms with Crippen LogP contribution in [0.3, 0.4) is 0 Å². The topological polar surface area (TPSA) is 55.1 Å². The lowest BCUT2D eigenvalue weighted by Crippen LogP contribution is -2.33. The van der Waals surface area contributed by atoms with E-state index in [0.29, 0.717) is 42.3 Å². The summed E-state index contributed by atoms with van der Waals surface area (Å²) in [6.07, 6.45) is 1.43. The van der Waals surface area contributed by atoms with Gasteiger partial charge in [0.15, 0.2) is 0 Å². The lowest BCUT2D eigenvalue weighted by molar-refractivity contribution is 0.130. The molecule has 0 saturated carbocycles. The number of aryl methyl sites for hydroxylation is 1. The van der Waals surface area contributed by atoms with Gasteiger partial charge < -0.3 is 5.11 Å². The van der Waals surface area contributed by atoms with Gasteiger partial charge in [-0.2, -0.15) is 0 Å². The Balaban J connectivity index is 2.58. The first-order chi connectivity index (χ1) is 7.65. The number of halogens is 1. The lowest BCUT2D eigenvalue weighted by Gasteiger charge is -2.23. The second kappa shape index (κ2) is 4.55. The van der Waals surface area contributed by atoms with E-state index in [-0.39, 0.29) is 5.56 Å². The molecule has 1 aromatic rings. The van der Waals surface area contributed by atoms with Crippen LogP contribution in [0.5, 0.6) is 0 Å². The maximum absolute atomic E-state index is 12.1. The summed E-state index contributed by atoms with van der Waals surface area (Å²) in [5, 5.41) is 9.78. The van der Waals surface area contributed by atoms with Crippen molar-refractivity contribution in [3.05, 3.63) is 27.4 Å². The van der Waals surface area contributed by atoms with Crippen molar-refractivity contribution in [1.82, 2.24) is 9.55 Å². The van der Waals surface area contributed by atoms with Crippen LogP contribution in [-0.2, 0) is 13.0 Å². The molecule has 0 radical (unpaired) electrons. The van der Waals surface area contributed by atoms with Gasteiger partial charge in [-0.1, -0.05) is 0 Å². The zero-order chi connectivity index (χ0) is 11.7. The fraction of sp³-hybridized carbons (Fsp3) is 0.636. The molecule has 0 aliphatic carbocycles. The summed E-state index contributed by atoms with van der Waals surface area (Å²) < 4.78 is 1.59. The Morgan fingerprint density at radius 2 is 2.38 bits per heavy atom. The molecule has 0 fully saturated rings. The largest absolute Gasteiger partial charge is 0.385 e. The molecule has 16 heavy (non-hydrogen) atoms. The van der Waals surface area contributed by atoms with Gasteiger partial charge in [-0.25, -0.2) is 4.98 Å². The minimum atomic E-state index is -0.606. The Labute approximate surface area is 98.9 Å². The number of nitrogens with zero attached hydrogens (tertiary/aromatic N) is 2. The lowest BCUT2D eigenvalue weighted by atomic mass is 10.1. The second-order valence-corrected chi connectivity index (χ2v) is 4.47. The van der Waals surface area contributed by atoms with E-state index in [0.717, 1.165) is 6.42 Å². The highest BCUT2D eigenvalue weighted by Gasteiger charge is 2.22. The number of hydrogen-bond donors (Lipinski definition) is 1. The average molecular weight is 243 g/mol. The van der Waals surface area contributed by atoms with Crippen LogP contribution in [0, 0.1) is 6.92 Å². The predicted molar refractivity (Wildman–Crippen MR) is 61.9 cm³/mol. The number of fused-ring (bicyclic) bond motifs is 1. The Hall–Kier alpha value is -0.870. The van der Waals surface area contributed by atoms with Gasteiger partial charge in [0.1, 0.15) is 11.9 Å². The molecule has 2 heterocycles. The third-order valence-electron chi connectivity index (χ3n) is 3.00. The van der Waals surface area contributed by atoms with Crippen molar-refractivity contribution in [2.45, 2.75) is 38.8 Å². The normalized spacial score (nSPS) is 19.6. The highest BCUT2D eigenvalue weighted by molar-refractivity contribution is 6.17. The highest BCUT2D eigenvalue weighted by Crippen LogP contribution is 2.22. The van der Waals surface area contributed by atoms with Gasteiger partial charge in [-0.05, 0) is 26.2 Å². The summed E-state index contributed by atoms with van der Waals surface area (Å²) in [5.41, 5.74) is 1.33. The molecule has 0 spiro atoms. The van der Waals surface area contributed by atoms with Gasteiger partial charge in [-0.3, -0.25) is 9.36 Å². The standard InChI is InChI=1S/C11H15ClN2O2/c1-7-8(4-5-12)11(16)14-6-2-3-9(15)10(14)13-7/h9,15H,2-6H2,1H3/t9-/m1/s1. The van der Waals surface area contributed by atoms with Gasteiger partial charge in [-0.15, -0.1) is 11.6 Å². The first-order valence-corrected chi connectivity index (χ1v) is 6.03. The molecule has 0 amide bonds. The molecule has 0 unspecified atom stereocenters. The Kier molecular flexibility index (Phi) is 3.30. The maximum atomic E-state index is 12.1. The van der Waals surface area contributed by atoms with Crippen LogP contribution in [0.15, 0.2) is 4.79 Å². The van der Waals surface area contributed by atoms with Crippen molar-refractivity contribution < 1.29 is 5.11 Å². The van der Waals surface area contributed by atoms with Crippen LogP contribution < -0.4 is 5.56 Å². The molecule has 5 heteroatoms. The quantitative estimate of drug-likeness (QED) is 0.792. The van der Waals surface area contributed by atoms with Gasteiger partial charge >= 0.3 is 0 Å². The second-order valence-electron chi connectivity index (χ2n) is 4.09. The maximum Gasteiger partial charge on any atom is 0.257 e. The van der Waals surface area contributed by atoms with Gasteiger partial charge in [0.05, 0.1) is 0 Å². The Morgan fingerprint density at radius 3 is 3.06 bits per heavy atom. The average Bonchev–Trinajstić information content (AvgIpc) is 2.26. The number of aliphatic hydroxyl groups is 1. The summed E-state index contributed by atoms with van der Waals surface area (Å²) in [7, 11) is 0. The van der Waals surface area contributed by atoms with Crippen LogP contribution in [0.25, 0.3) is 0 Å². The van der Waals surface area contributed by atoms with E-state index in [2.05, 4.69) is 4.98 Å². The van der Waals surface area contributed by atoms with E-state index in [1.54, 1.807) is 11.5 Å². The van der Waals surface area contributed by atoms with Gasteiger partial charge in [0, 0.05) is 23.7 Å². The number of rotatable bonds is 2. The molecule has 1 aliphatic heterocycles. The van der Waals surface area contributed by atoms with Crippen molar-refractivity contribution in [2.75, 3.05) is 5.88 Å². The molecule has 0 bridgehead atoms. The molecule has 88 valence electrons. The van der Waals surface area contributed by atoms with E-state index in [9.17, 15) is 9.90 Å². The minimum Gasteiger partial charge on any atom is -0.385 e. The summed E-state index contributed by atoms with van der Waals surface area (Å²) in [4.78, 5) is 16.5. The summed E-state index contributed by atoms with van der Waals surface area (Å²) in [6.45, 7) is 2.44. The number of aliphatic hydroxyl groups excluding tert-OH is 1. The van der Waals surface area contributed by atoms with Crippen molar-refractivity contribution in [2.24, 2.45) is 0 Å². The van der Waals surface area contributed by atoms with E-state index in [1.807, 2.05) is 0 Å². The third-order valence-corrected chi connectivity index (χ3v) is 3.19. The third kappa shape index (κ3) is 1.87. The van der Waals surface area contributed by atoms with Crippen molar-refractivity contribution in [3.63, 3.8) is 0 Å². The van der Waals surface area contributed by atoms with E-state index >= 15 is 0 Å². The molecule has 1 N–H and O–H groups in total. The number of alkyl halides is 1. The molecule has 1 atom stereocenters. The molecule has 2 rings (SSSR count). The Morgan fingerprint density at radius 1 is 1.62 bits per heavy atom. The van der Waals surface area contributed by atoms with Crippen LogP contribution in [-0.4, -0.2) is 20.5 Å². The van der Waals surface area contributed by atoms with Crippen LogP contribution >= 0.6 is 11.6 Å². The van der Waals surface area contributed by atoms with E-state index in [1.165, 1.54) is 0 Å². The SMILES string of the molecule is Cc1nc2n(c(=O)c1CCCl)CCC[C@H]2O. The minimum absolute atomic E-state index is 0.0399. The fourth-order valence-electron chi connectivity index (χ4n) is 2.15. The molecular formula is C11H15ClN2O2. The van der Waals surface area contributed by atoms with E-state index in [4.69, 9.17) is 11.6 Å². The summed E-state index contributed by atoms with van der Waals surface area (Å²) >= 11 is 5.67. The van der Waals surface area contributed by atoms with Crippen molar-refractivity contribution in [1.29, 1.82) is 0 Å². The molecule has 4 nitrogen and oxygen atoms in total.